The van der Waals surface area contributed by atoms with Gasteiger partial charge in [0.15, 0.2) is 0 Å². The average molecular weight is 557 g/mol. The zero-order chi connectivity index (χ0) is 28.8. The van der Waals surface area contributed by atoms with Gasteiger partial charge in [0.1, 0.15) is 0 Å². The molecule has 0 saturated heterocycles. The van der Waals surface area contributed by atoms with Gasteiger partial charge in [0, 0.05) is 13.1 Å². The van der Waals surface area contributed by atoms with Crippen molar-refractivity contribution in [3.63, 3.8) is 0 Å². The van der Waals surface area contributed by atoms with Crippen molar-refractivity contribution in [1.29, 1.82) is 0 Å². The fourth-order valence-electron chi connectivity index (χ4n) is 2.59. The SMILES string of the molecule is CC(C)CN(CC(C)C)C(=O)C(F)(F)C(F)(F)C(F)(F)C(F)(F)C(F)(F)C(F)(F)C(F)(F)C(F)F. The van der Waals surface area contributed by atoms with Crippen LogP contribution in [0.2, 0.25) is 0 Å². The molecule has 0 rings (SSSR count). The number of rotatable bonds is 12. The minimum Gasteiger partial charge on any atom is -0.337 e. The largest absolute Gasteiger partial charge is 0.392 e. The summed E-state index contributed by atoms with van der Waals surface area (Å²) in [5.41, 5.74) is 0. The lowest BCUT2D eigenvalue weighted by Gasteiger charge is -2.42. The van der Waals surface area contributed by atoms with Crippen molar-refractivity contribution in [1.82, 2.24) is 4.90 Å². The summed E-state index contributed by atoms with van der Waals surface area (Å²) >= 11 is 0. The third kappa shape index (κ3) is 5.11. The summed E-state index contributed by atoms with van der Waals surface area (Å²) < 4.78 is 214. The summed E-state index contributed by atoms with van der Waals surface area (Å²) in [5.74, 6) is -60.8. The molecule has 0 aromatic rings. The first kappa shape index (κ1) is 33.4. The summed E-state index contributed by atoms with van der Waals surface area (Å²) in [6.07, 6.45) is -5.91. The second kappa shape index (κ2) is 9.67. The van der Waals surface area contributed by atoms with E-state index in [4.69, 9.17) is 0 Å². The van der Waals surface area contributed by atoms with Crippen LogP contribution in [0, 0.1) is 11.8 Å². The second-order valence-corrected chi connectivity index (χ2v) is 8.37. The maximum Gasteiger partial charge on any atom is 0.392 e. The quantitative estimate of drug-likeness (QED) is 0.241. The highest BCUT2D eigenvalue weighted by molar-refractivity contribution is 5.85. The molecule has 0 aliphatic rings. The topological polar surface area (TPSA) is 20.3 Å². The van der Waals surface area contributed by atoms with Gasteiger partial charge in [-0.05, 0) is 11.8 Å². The number of alkyl halides is 16. The van der Waals surface area contributed by atoms with Gasteiger partial charge in [-0.2, -0.15) is 61.5 Å². The van der Waals surface area contributed by atoms with E-state index in [2.05, 4.69) is 0 Å². The Labute approximate surface area is 187 Å². The highest BCUT2D eigenvalue weighted by Gasteiger charge is 2.94. The van der Waals surface area contributed by atoms with E-state index < -0.39 is 78.7 Å². The number of amides is 1. The molecule has 0 aliphatic heterocycles. The first-order valence-electron chi connectivity index (χ1n) is 9.31. The molecule has 18 heteroatoms. The lowest BCUT2D eigenvalue weighted by Crippen LogP contribution is -2.75. The second-order valence-electron chi connectivity index (χ2n) is 8.37. The Balaban J connectivity index is 6.77. The zero-order valence-electron chi connectivity index (χ0n) is 18.0. The minimum atomic E-state index is -8.52. The molecule has 0 fully saturated rings. The Morgan fingerprint density at radius 2 is 0.857 bits per heavy atom. The van der Waals surface area contributed by atoms with Gasteiger partial charge in [-0.25, -0.2) is 8.78 Å². The normalized spacial score (nSPS) is 15.4. The molecule has 0 radical (unpaired) electrons. The van der Waals surface area contributed by atoms with E-state index in [0.717, 1.165) is 0 Å². The van der Waals surface area contributed by atoms with Gasteiger partial charge >= 0.3 is 47.9 Å². The van der Waals surface area contributed by atoms with E-state index in [1.54, 1.807) is 0 Å². The van der Waals surface area contributed by atoms with Gasteiger partial charge in [-0.1, -0.05) is 27.7 Å². The molecule has 0 atom stereocenters. The van der Waals surface area contributed by atoms with Crippen molar-refractivity contribution in [2.75, 3.05) is 13.1 Å². The number of hydrogen-bond donors (Lipinski definition) is 0. The van der Waals surface area contributed by atoms with Crippen LogP contribution in [-0.2, 0) is 4.79 Å². The first-order chi connectivity index (χ1) is 15.1. The van der Waals surface area contributed by atoms with E-state index in [-0.39, 0.29) is 4.90 Å². The lowest BCUT2D eigenvalue weighted by atomic mass is 9.88. The maximum absolute atomic E-state index is 14.2. The fraction of sp³-hybridized carbons (Fsp3) is 0.941. The van der Waals surface area contributed by atoms with Crippen LogP contribution in [0.5, 0.6) is 0 Å². The summed E-state index contributed by atoms with van der Waals surface area (Å²) in [5, 5.41) is 0. The van der Waals surface area contributed by atoms with Crippen molar-refractivity contribution in [2.45, 2.75) is 75.6 Å². The highest BCUT2D eigenvalue weighted by Crippen LogP contribution is 2.62. The predicted octanol–water partition coefficient (Wildman–Crippen LogP) is 6.84. The number of carbonyl (C=O) groups is 1. The Kier molecular flexibility index (Phi) is 9.21. The van der Waals surface area contributed by atoms with E-state index in [0.29, 0.717) is 0 Å². The van der Waals surface area contributed by atoms with E-state index in [1.165, 1.54) is 27.7 Å². The Hall–Kier alpha value is -1.65. The van der Waals surface area contributed by atoms with Crippen LogP contribution in [0.25, 0.3) is 0 Å². The fourth-order valence-corrected chi connectivity index (χ4v) is 2.59. The van der Waals surface area contributed by atoms with Crippen molar-refractivity contribution in [2.24, 2.45) is 11.8 Å². The molecule has 210 valence electrons. The average Bonchev–Trinajstić information content (AvgIpc) is 2.64. The molecule has 0 saturated carbocycles. The van der Waals surface area contributed by atoms with Crippen LogP contribution in [0.15, 0.2) is 0 Å². The number of nitrogens with zero attached hydrogens (tertiary/aromatic N) is 1. The first-order valence-corrected chi connectivity index (χ1v) is 9.31. The van der Waals surface area contributed by atoms with Crippen LogP contribution in [0.4, 0.5) is 70.2 Å². The molecular formula is C17H19F16NO. The van der Waals surface area contributed by atoms with Crippen molar-refractivity contribution in [3.8, 4) is 0 Å². The van der Waals surface area contributed by atoms with E-state index in [1.807, 2.05) is 0 Å². The van der Waals surface area contributed by atoms with Crippen LogP contribution in [0.3, 0.4) is 0 Å². The number of hydrogen-bond acceptors (Lipinski definition) is 1. The lowest BCUT2D eigenvalue weighted by molar-refractivity contribution is -0.444. The number of halogens is 16. The molecule has 2 nitrogen and oxygen atoms in total. The zero-order valence-corrected chi connectivity index (χ0v) is 18.0. The van der Waals surface area contributed by atoms with Gasteiger partial charge in [0.25, 0.3) is 5.91 Å². The third-order valence-electron chi connectivity index (χ3n) is 4.39. The number of carbonyl (C=O) groups excluding carboxylic acids is 1. The summed E-state index contributed by atoms with van der Waals surface area (Å²) in [6, 6.07) is 0. The summed E-state index contributed by atoms with van der Waals surface area (Å²) in [7, 11) is 0. The molecule has 0 aromatic heterocycles. The monoisotopic (exact) mass is 557 g/mol. The Bertz CT molecular complexity index is 736. The standard InChI is InChI=1S/C17H19F16NO/c1-7(2)5-34(6-8(3)4)10(35)12(22,23)14(26,27)16(30,31)17(32,33)15(28,29)13(24,25)11(20,21)9(18)19/h7-9H,5-6H2,1-4H3. The molecular weight excluding hydrogens is 538 g/mol. The minimum absolute atomic E-state index is 0.213. The van der Waals surface area contributed by atoms with Gasteiger partial charge < -0.3 is 4.90 Å². The van der Waals surface area contributed by atoms with Crippen molar-refractivity contribution in [3.05, 3.63) is 0 Å². The molecule has 0 unspecified atom stereocenters. The molecule has 1 amide bonds. The van der Waals surface area contributed by atoms with Crippen LogP contribution >= 0.6 is 0 Å². The maximum atomic E-state index is 14.2. The molecule has 0 N–H and O–H groups in total. The molecule has 0 heterocycles. The van der Waals surface area contributed by atoms with Gasteiger partial charge in [-0.3, -0.25) is 4.79 Å². The van der Waals surface area contributed by atoms with Gasteiger partial charge in [0.05, 0.1) is 0 Å². The Morgan fingerprint density at radius 1 is 0.571 bits per heavy atom. The molecule has 0 spiro atoms. The predicted molar refractivity (Wildman–Crippen MR) is 86.9 cm³/mol. The van der Waals surface area contributed by atoms with E-state index >= 15 is 0 Å². The van der Waals surface area contributed by atoms with E-state index in [9.17, 15) is 75.0 Å². The third-order valence-corrected chi connectivity index (χ3v) is 4.39. The molecule has 0 aromatic carbocycles. The van der Waals surface area contributed by atoms with Crippen molar-refractivity contribution < 1.29 is 75.0 Å². The molecule has 35 heavy (non-hydrogen) atoms. The highest BCUT2D eigenvalue weighted by atomic mass is 19.4. The molecule has 0 aliphatic carbocycles. The van der Waals surface area contributed by atoms with Crippen LogP contribution in [-0.4, -0.2) is 71.8 Å². The van der Waals surface area contributed by atoms with Crippen LogP contribution in [0.1, 0.15) is 27.7 Å². The van der Waals surface area contributed by atoms with Gasteiger partial charge in [-0.15, -0.1) is 0 Å². The van der Waals surface area contributed by atoms with Crippen molar-refractivity contribution >= 4 is 5.91 Å². The smallest absolute Gasteiger partial charge is 0.337 e. The van der Waals surface area contributed by atoms with Crippen LogP contribution < -0.4 is 0 Å². The molecule has 0 bridgehead atoms. The Morgan fingerprint density at radius 3 is 1.14 bits per heavy atom. The summed E-state index contributed by atoms with van der Waals surface area (Å²) in [6.45, 7) is 3.05. The summed E-state index contributed by atoms with van der Waals surface area (Å²) in [4.78, 5) is 11.7. The van der Waals surface area contributed by atoms with Gasteiger partial charge in [0.2, 0.25) is 0 Å².